The number of nitrogens with zero attached hydrogens (tertiary/aromatic N) is 2. The number of anilines is 2. The minimum atomic E-state index is -0.761. The van der Waals surface area contributed by atoms with Crippen LogP contribution in [0.25, 0.3) is 0 Å². The van der Waals surface area contributed by atoms with Crippen molar-refractivity contribution in [3.8, 4) is 0 Å². The molecule has 1 heterocycles. The zero-order valence-electron chi connectivity index (χ0n) is 11.4. The standard InChI is InChI=1S/C12H18F2N4O/c1-7(12(19)16-3)6-18(4)11-9(14)5-8(13)10(15-2)17-11/h5,7H,6H2,1-4H3,(H,15,17)(H,16,19). The highest BCUT2D eigenvalue weighted by Crippen LogP contribution is 2.21. The van der Waals surface area contributed by atoms with Gasteiger partial charge in [0.1, 0.15) is 0 Å². The fraction of sp³-hybridized carbons (Fsp3) is 0.500. The van der Waals surface area contributed by atoms with Gasteiger partial charge in [-0.3, -0.25) is 4.79 Å². The van der Waals surface area contributed by atoms with Gasteiger partial charge in [0.05, 0.1) is 5.92 Å². The maximum absolute atomic E-state index is 13.7. The molecule has 0 fully saturated rings. The third-order valence-electron chi connectivity index (χ3n) is 2.75. The lowest BCUT2D eigenvalue weighted by Gasteiger charge is -2.22. The third-order valence-corrected chi connectivity index (χ3v) is 2.75. The summed E-state index contributed by atoms with van der Waals surface area (Å²) in [4.78, 5) is 16.8. The second-order valence-corrected chi connectivity index (χ2v) is 4.27. The minimum Gasteiger partial charge on any atom is -0.371 e. The summed E-state index contributed by atoms with van der Waals surface area (Å²) in [5.74, 6) is -2.03. The van der Waals surface area contributed by atoms with Crippen molar-refractivity contribution in [1.29, 1.82) is 0 Å². The van der Waals surface area contributed by atoms with Crippen LogP contribution >= 0.6 is 0 Å². The number of rotatable bonds is 5. The Labute approximate surface area is 111 Å². The van der Waals surface area contributed by atoms with E-state index in [1.807, 2.05) is 0 Å². The van der Waals surface area contributed by atoms with E-state index in [1.54, 1.807) is 14.0 Å². The molecule has 0 aliphatic carbocycles. The fourth-order valence-corrected chi connectivity index (χ4v) is 1.73. The van der Waals surface area contributed by atoms with E-state index in [-0.39, 0.29) is 30.0 Å². The number of aromatic nitrogens is 1. The molecule has 1 amide bonds. The van der Waals surface area contributed by atoms with Crippen LogP contribution in [0.3, 0.4) is 0 Å². The zero-order chi connectivity index (χ0) is 14.6. The van der Waals surface area contributed by atoms with Crippen molar-refractivity contribution in [2.75, 3.05) is 37.9 Å². The van der Waals surface area contributed by atoms with Gasteiger partial charge < -0.3 is 15.5 Å². The van der Waals surface area contributed by atoms with E-state index in [0.29, 0.717) is 0 Å². The quantitative estimate of drug-likeness (QED) is 0.846. The van der Waals surface area contributed by atoms with Crippen molar-refractivity contribution in [3.05, 3.63) is 17.7 Å². The molecule has 0 aliphatic rings. The minimum absolute atomic E-state index is 0.00139. The number of carbonyl (C=O) groups is 1. The second-order valence-electron chi connectivity index (χ2n) is 4.27. The molecule has 1 unspecified atom stereocenters. The van der Waals surface area contributed by atoms with Crippen molar-refractivity contribution in [3.63, 3.8) is 0 Å². The number of pyridine rings is 1. The molecule has 0 saturated heterocycles. The van der Waals surface area contributed by atoms with Gasteiger partial charge in [0, 0.05) is 33.8 Å². The lowest BCUT2D eigenvalue weighted by Crippen LogP contribution is -2.35. The molecular weight excluding hydrogens is 254 g/mol. The van der Waals surface area contributed by atoms with E-state index in [0.717, 1.165) is 6.07 Å². The molecule has 1 aromatic heterocycles. The van der Waals surface area contributed by atoms with Gasteiger partial charge in [0.25, 0.3) is 0 Å². The number of amides is 1. The Bertz CT molecular complexity index is 467. The van der Waals surface area contributed by atoms with E-state index >= 15 is 0 Å². The van der Waals surface area contributed by atoms with Crippen molar-refractivity contribution >= 4 is 17.5 Å². The summed E-state index contributed by atoms with van der Waals surface area (Å²) in [6.07, 6.45) is 0. The van der Waals surface area contributed by atoms with Crippen molar-refractivity contribution in [1.82, 2.24) is 10.3 Å². The summed E-state index contributed by atoms with van der Waals surface area (Å²) in [5.41, 5.74) is 0. The van der Waals surface area contributed by atoms with Crippen LogP contribution in [0.2, 0.25) is 0 Å². The molecule has 5 nitrogen and oxygen atoms in total. The van der Waals surface area contributed by atoms with E-state index in [4.69, 9.17) is 0 Å². The van der Waals surface area contributed by atoms with Gasteiger partial charge in [0.15, 0.2) is 23.3 Å². The highest BCUT2D eigenvalue weighted by atomic mass is 19.1. The maximum Gasteiger partial charge on any atom is 0.224 e. The first-order chi connectivity index (χ1) is 8.90. The van der Waals surface area contributed by atoms with Gasteiger partial charge in [-0.05, 0) is 0 Å². The molecule has 1 atom stereocenters. The van der Waals surface area contributed by atoms with Gasteiger partial charge in [-0.2, -0.15) is 0 Å². The number of hydrogen-bond acceptors (Lipinski definition) is 4. The first kappa shape index (κ1) is 15.1. The lowest BCUT2D eigenvalue weighted by atomic mass is 10.1. The second kappa shape index (κ2) is 6.31. The molecule has 19 heavy (non-hydrogen) atoms. The highest BCUT2D eigenvalue weighted by molar-refractivity contribution is 5.78. The molecule has 0 aromatic carbocycles. The average Bonchev–Trinajstić information content (AvgIpc) is 2.37. The SMILES string of the molecule is CNC(=O)C(C)CN(C)c1nc(NC)c(F)cc1F. The van der Waals surface area contributed by atoms with E-state index in [1.165, 1.54) is 19.0 Å². The van der Waals surface area contributed by atoms with Crippen LogP contribution < -0.4 is 15.5 Å². The molecule has 0 bridgehead atoms. The summed E-state index contributed by atoms with van der Waals surface area (Å²) >= 11 is 0. The lowest BCUT2D eigenvalue weighted by molar-refractivity contribution is -0.123. The van der Waals surface area contributed by atoms with Crippen LogP contribution in [0, 0.1) is 17.6 Å². The summed E-state index contributed by atoms with van der Waals surface area (Å²) in [7, 11) is 4.64. The summed E-state index contributed by atoms with van der Waals surface area (Å²) < 4.78 is 27.0. The monoisotopic (exact) mass is 272 g/mol. The van der Waals surface area contributed by atoms with Crippen LogP contribution in [0.15, 0.2) is 6.07 Å². The molecule has 106 valence electrons. The largest absolute Gasteiger partial charge is 0.371 e. The van der Waals surface area contributed by atoms with Gasteiger partial charge in [-0.15, -0.1) is 0 Å². The molecule has 0 saturated carbocycles. The highest BCUT2D eigenvalue weighted by Gasteiger charge is 2.19. The Morgan fingerprint density at radius 1 is 1.42 bits per heavy atom. The van der Waals surface area contributed by atoms with Crippen LogP contribution in [0.1, 0.15) is 6.92 Å². The molecule has 0 aliphatic heterocycles. The van der Waals surface area contributed by atoms with E-state index in [9.17, 15) is 13.6 Å². The predicted octanol–water partition coefficient (Wildman–Crippen LogP) is 1.22. The maximum atomic E-state index is 13.7. The van der Waals surface area contributed by atoms with Crippen LogP contribution in [-0.4, -0.2) is 38.6 Å². The molecular formula is C12H18F2N4O. The molecule has 1 aromatic rings. The number of nitrogens with one attached hydrogen (secondary N) is 2. The summed E-state index contributed by atoms with van der Waals surface area (Å²) in [6, 6.07) is 0.773. The van der Waals surface area contributed by atoms with Gasteiger partial charge in [0.2, 0.25) is 5.91 Å². The number of hydrogen-bond donors (Lipinski definition) is 2. The molecule has 0 spiro atoms. The molecule has 7 heteroatoms. The number of halogens is 2. The Morgan fingerprint density at radius 3 is 2.58 bits per heavy atom. The average molecular weight is 272 g/mol. The fourth-order valence-electron chi connectivity index (χ4n) is 1.73. The van der Waals surface area contributed by atoms with Crippen LogP contribution in [0.4, 0.5) is 20.4 Å². The molecule has 2 N–H and O–H groups in total. The van der Waals surface area contributed by atoms with Gasteiger partial charge in [-0.1, -0.05) is 6.92 Å². The van der Waals surface area contributed by atoms with Crippen LogP contribution in [0.5, 0.6) is 0 Å². The van der Waals surface area contributed by atoms with Crippen molar-refractivity contribution in [2.24, 2.45) is 5.92 Å². The van der Waals surface area contributed by atoms with Crippen molar-refractivity contribution < 1.29 is 13.6 Å². The Kier molecular flexibility index (Phi) is 5.02. The predicted molar refractivity (Wildman–Crippen MR) is 70.2 cm³/mol. The molecule has 1 rings (SSSR count). The summed E-state index contributed by atoms with van der Waals surface area (Å²) in [5, 5.41) is 5.06. The first-order valence-electron chi connectivity index (χ1n) is 5.87. The Hall–Kier alpha value is -1.92. The summed E-state index contributed by atoms with van der Waals surface area (Å²) in [6.45, 7) is 1.99. The van der Waals surface area contributed by atoms with Gasteiger partial charge >= 0.3 is 0 Å². The Morgan fingerprint density at radius 2 is 2.05 bits per heavy atom. The first-order valence-corrected chi connectivity index (χ1v) is 5.87. The van der Waals surface area contributed by atoms with Crippen LogP contribution in [-0.2, 0) is 4.79 Å². The van der Waals surface area contributed by atoms with Crippen molar-refractivity contribution in [2.45, 2.75) is 6.92 Å². The number of carbonyl (C=O) groups excluding carboxylic acids is 1. The van der Waals surface area contributed by atoms with E-state index < -0.39 is 11.6 Å². The topological polar surface area (TPSA) is 57.3 Å². The van der Waals surface area contributed by atoms with E-state index in [2.05, 4.69) is 15.6 Å². The third kappa shape index (κ3) is 3.52. The molecule has 0 radical (unpaired) electrons. The zero-order valence-corrected chi connectivity index (χ0v) is 11.4. The Balaban J connectivity index is 2.93. The van der Waals surface area contributed by atoms with Gasteiger partial charge in [-0.25, -0.2) is 13.8 Å². The smallest absolute Gasteiger partial charge is 0.224 e. The normalized spacial score (nSPS) is 11.9.